The van der Waals surface area contributed by atoms with Crippen LogP contribution in [-0.4, -0.2) is 83.9 Å². The van der Waals surface area contributed by atoms with E-state index in [-0.39, 0.29) is 32.5 Å². The number of carbonyl (C=O) groups is 4. The fourth-order valence-electron chi connectivity index (χ4n) is 6.06. The van der Waals surface area contributed by atoms with Crippen molar-refractivity contribution in [1.82, 2.24) is 15.1 Å². The summed E-state index contributed by atoms with van der Waals surface area (Å²) in [6, 6.07) is 4.44. The van der Waals surface area contributed by atoms with Gasteiger partial charge in [0.25, 0.3) is 0 Å². The average Bonchev–Trinajstić information content (AvgIpc) is 3.51. The lowest BCUT2D eigenvalue weighted by atomic mass is 10.0. The number of unbranched alkanes of at least 4 members (excludes halogenated alkanes) is 10. The highest BCUT2D eigenvalue weighted by atomic mass is 16.7. The van der Waals surface area contributed by atoms with Crippen molar-refractivity contribution >= 4 is 23.9 Å². The summed E-state index contributed by atoms with van der Waals surface area (Å²) in [7, 11) is 0. The Morgan fingerprint density at radius 3 is 2.15 bits per heavy atom. The molecule has 1 aromatic rings. The number of primary amides is 1. The van der Waals surface area contributed by atoms with Crippen LogP contribution in [0.5, 0.6) is 11.5 Å². The van der Waals surface area contributed by atoms with E-state index >= 15 is 0 Å². The summed E-state index contributed by atoms with van der Waals surface area (Å²) < 4.78 is 16.6. The number of hydrogen-bond donors (Lipinski definition) is 3. The van der Waals surface area contributed by atoms with Gasteiger partial charge in [-0.15, -0.1) is 0 Å². The van der Waals surface area contributed by atoms with Crippen LogP contribution in [0, 0.1) is 0 Å². The largest absolute Gasteiger partial charge is 0.481 e. The van der Waals surface area contributed by atoms with Gasteiger partial charge >= 0.3 is 18.0 Å². The molecule has 0 aliphatic carbocycles. The van der Waals surface area contributed by atoms with Gasteiger partial charge in [0, 0.05) is 39.1 Å². The third-order valence-electron chi connectivity index (χ3n) is 8.81. The predicted octanol–water partition coefficient (Wildman–Crippen LogP) is 5.35. The van der Waals surface area contributed by atoms with Gasteiger partial charge in [-0.25, -0.2) is 9.59 Å². The van der Waals surface area contributed by atoms with Crippen LogP contribution in [0.3, 0.4) is 0 Å². The molecule has 0 unspecified atom stereocenters. The van der Waals surface area contributed by atoms with Gasteiger partial charge in [-0.3, -0.25) is 14.5 Å². The van der Waals surface area contributed by atoms with Crippen molar-refractivity contribution in [2.45, 2.75) is 128 Å². The highest BCUT2D eigenvalue weighted by Crippen LogP contribution is 2.33. The minimum Gasteiger partial charge on any atom is -0.481 e. The van der Waals surface area contributed by atoms with Gasteiger partial charge in [-0.2, -0.15) is 0 Å². The molecule has 3 rings (SSSR count). The van der Waals surface area contributed by atoms with Gasteiger partial charge in [0.15, 0.2) is 11.5 Å². The number of nitrogens with zero attached hydrogens (tertiary/aromatic N) is 2. The molecule has 0 bridgehead atoms. The lowest BCUT2D eigenvalue weighted by molar-refractivity contribution is -0.153. The number of piperazine rings is 1. The van der Waals surface area contributed by atoms with Crippen molar-refractivity contribution in [3.63, 3.8) is 0 Å². The van der Waals surface area contributed by atoms with Gasteiger partial charge in [0.2, 0.25) is 12.7 Å². The first-order valence-electron chi connectivity index (χ1n) is 17.6. The molecule has 2 aliphatic rings. The Hall–Kier alpha value is -3.54. The zero-order valence-corrected chi connectivity index (χ0v) is 28.2. The number of carbonyl (C=O) groups excluding carboxylic acids is 3. The summed E-state index contributed by atoms with van der Waals surface area (Å²) in [4.78, 5) is 53.3. The number of hydrogen-bond acceptors (Lipinski definition) is 8. The SMILES string of the molecule is CCCCCCCCCCCCC[C@@H](CC(N)=O)OC(=O)[C@H](CCCC(=O)O)NC(=O)N1CCN(Cc2ccc3c(c2)OCO3)CC1. The highest BCUT2D eigenvalue weighted by molar-refractivity contribution is 5.84. The maximum absolute atomic E-state index is 13.3. The van der Waals surface area contributed by atoms with Gasteiger partial charge in [0.05, 0.1) is 6.42 Å². The van der Waals surface area contributed by atoms with Crippen LogP contribution in [0.4, 0.5) is 4.79 Å². The van der Waals surface area contributed by atoms with Crippen LogP contribution in [0.2, 0.25) is 0 Å². The lowest BCUT2D eigenvalue weighted by Crippen LogP contribution is -2.54. The molecule has 1 aromatic carbocycles. The van der Waals surface area contributed by atoms with Crippen molar-refractivity contribution in [3.05, 3.63) is 23.8 Å². The summed E-state index contributed by atoms with van der Waals surface area (Å²) in [5, 5.41) is 11.9. The summed E-state index contributed by atoms with van der Waals surface area (Å²) in [5.74, 6) is -0.736. The predicted molar refractivity (Wildman–Crippen MR) is 178 cm³/mol. The van der Waals surface area contributed by atoms with E-state index in [1.54, 1.807) is 4.90 Å². The number of nitrogens with one attached hydrogen (secondary N) is 1. The Morgan fingerprint density at radius 2 is 1.51 bits per heavy atom. The molecule has 47 heavy (non-hydrogen) atoms. The second kappa shape index (κ2) is 21.4. The molecule has 0 radical (unpaired) electrons. The Balaban J connectivity index is 1.44. The molecule has 4 N–H and O–H groups in total. The Bertz CT molecular complexity index is 1120. The first-order chi connectivity index (χ1) is 22.7. The zero-order chi connectivity index (χ0) is 33.9. The molecule has 2 aliphatic heterocycles. The lowest BCUT2D eigenvalue weighted by Gasteiger charge is -2.35. The fraction of sp³-hybridized carbons (Fsp3) is 0.714. The molecule has 12 nitrogen and oxygen atoms in total. The van der Waals surface area contributed by atoms with Crippen LogP contribution in [0.15, 0.2) is 18.2 Å². The zero-order valence-electron chi connectivity index (χ0n) is 28.2. The van der Waals surface area contributed by atoms with Crippen molar-refractivity contribution in [3.8, 4) is 11.5 Å². The van der Waals surface area contributed by atoms with Gasteiger partial charge in [0.1, 0.15) is 12.1 Å². The van der Waals surface area contributed by atoms with E-state index in [9.17, 15) is 19.2 Å². The molecule has 264 valence electrons. The minimum absolute atomic E-state index is 0.0926. The number of benzene rings is 1. The van der Waals surface area contributed by atoms with Gasteiger partial charge in [-0.05, 0) is 43.4 Å². The second-order valence-electron chi connectivity index (χ2n) is 12.8. The van der Waals surface area contributed by atoms with Crippen molar-refractivity contribution in [2.24, 2.45) is 5.73 Å². The second-order valence-corrected chi connectivity index (χ2v) is 12.8. The van der Waals surface area contributed by atoms with Crippen LogP contribution >= 0.6 is 0 Å². The van der Waals surface area contributed by atoms with Gasteiger partial charge in [-0.1, -0.05) is 77.2 Å². The maximum atomic E-state index is 13.3. The number of esters is 1. The third kappa shape index (κ3) is 14.8. The number of rotatable bonds is 23. The smallest absolute Gasteiger partial charge is 0.328 e. The minimum atomic E-state index is -1.03. The van der Waals surface area contributed by atoms with Crippen molar-refractivity contribution in [1.29, 1.82) is 0 Å². The fourth-order valence-corrected chi connectivity index (χ4v) is 6.06. The maximum Gasteiger partial charge on any atom is 0.328 e. The van der Waals surface area contributed by atoms with E-state index in [2.05, 4.69) is 17.1 Å². The number of aliphatic carboxylic acids is 1. The summed E-state index contributed by atoms with van der Waals surface area (Å²) in [6.07, 6.45) is 12.9. The highest BCUT2D eigenvalue weighted by Gasteiger charge is 2.29. The quantitative estimate of drug-likeness (QED) is 0.104. The number of ether oxygens (including phenoxy) is 3. The Labute approximate surface area is 279 Å². The number of fused-ring (bicyclic) bond motifs is 1. The molecule has 0 saturated carbocycles. The van der Waals surface area contributed by atoms with E-state index in [1.165, 1.54) is 51.4 Å². The molecule has 1 fully saturated rings. The molecule has 3 amide bonds. The van der Waals surface area contributed by atoms with E-state index in [1.807, 2.05) is 18.2 Å². The first kappa shape index (κ1) is 37.9. The molecular weight excluding hydrogens is 604 g/mol. The van der Waals surface area contributed by atoms with E-state index < -0.39 is 36.0 Å². The van der Waals surface area contributed by atoms with Crippen LogP contribution < -0.4 is 20.5 Å². The van der Waals surface area contributed by atoms with Gasteiger partial charge < -0.3 is 35.3 Å². The van der Waals surface area contributed by atoms with Crippen LogP contribution in [0.25, 0.3) is 0 Å². The van der Waals surface area contributed by atoms with E-state index in [0.717, 1.165) is 36.3 Å². The third-order valence-corrected chi connectivity index (χ3v) is 8.81. The Morgan fingerprint density at radius 1 is 0.872 bits per heavy atom. The van der Waals surface area contributed by atoms with Crippen LogP contribution in [0.1, 0.15) is 115 Å². The normalized spacial score (nSPS) is 15.6. The molecule has 2 atom stereocenters. The van der Waals surface area contributed by atoms with Crippen LogP contribution in [-0.2, 0) is 25.7 Å². The van der Waals surface area contributed by atoms with Crippen molar-refractivity contribution in [2.75, 3.05) is 33.0 Å². The molecule has 0 aromatic heterocycles. The first-order valence-corrected chi connectivity index (χ1v) is 17.6. The summed E-state index contributed by atoms with van der Waals surface area (Å²) in [6.45, 7) is 5.39. The van der Waals surface area contributed by atoms with Crippen molar-refractivity contribution < 1.29 is 38.5 Å². The number of urea groups is 1. The topological polar surface area (TPSA) is 161 Å². The number of amides is 3. The molecule has 12 heteroatoms. The molecule has 2 heterocycles. The number of carboxylic acid groups (broad SMARTS) is 1. The van der Waals surface area contributed by atoms with E-state index in [0.29, 0.717) is 39.1 Å². The standard InChI is InChI=1S/C35H56N4O8/c1-2-3-4-5-6-7-8-9-10-11-12-14-28(24-32(36)40)47-34(43)29(15-13-16-33(41)42)37-35(44)39-21-19-38(20-22-39)25-27-17-18-30-31(23-27)46-26-45-30/h17-18,23,28-29H,2-16,19-22,24-26H2,1H3,(H2,36,40)(H,37,44)(H,41,42)/t28-,29-/m0/s1. The molecule has 0 spiro atoms. The number of nitrogens with two attached hydrogens (primary N) is 1. The average molecular weight is 661 g/mol. The monoisotopic (exact) mass is 660 g/mol. The Kier molecular flexibility index (Phi) is 17.2. The molecule has 1 saturated heterocycles. The number of carboxylic acids is 1. The van der Waals surface area contributed by atoms with E-state index in [4.69, 9.17) is 25.1 Å². The summed E-state index contributed by atoms with van der Waals surface area (Å²) >= 11 is 0. The molecular formula is C35H56N4O8. The summed E-state index contributed by atoms with van der Waals surface area (Å²) in [5.41, 5.74) is 6.55.